The number of nitrogens with zero attached hydrogens (tertiary/aromatic N) is 2. The summed E-state index contributed by atoms with van der Waals surface area (Å²) in [6, 6.07) is 15.2. The minimum atomic E-state index is -0.682. The van der Waals surface area contributed by atoms with Crippen LogP contribution >= 0.6 is 11.6 Å². The number of carbonyl (C=O) groups excluding carboxylic acids is 2. The van der Waals surface area contributed by atoms with Crippen LogP contribution in [0.4, 0.5) is 5.69 Å². The lowest BCUT2D eigenvalue weighted by atomic mass is 10.0. The molecule has 2 amide bonds. The summed E-state index contributed by atoms with van der Waals surface area (Å²) in [5.41, 5.74) is 6.75. The van der Waals surface area contributed by atoms with Crippen molar-refractivity contribution in [1.29, 1.82) is 0 Å². The molecule has 0 aliphatic carbocycles. The van der Waals surface area contributed by atoms with Gasteiger partial charge in [-0.15, -0.1) is 0 Å². The number of nitrogens with one attached hydrogen (secondary N) is 3. The number of carbonyl (C=O) groups is 2. The zero-order valence-corrected chi connectivity index (χ0v) is 19.6. The van der Waals surface area contributed by atoms with Crippen LogP contribution in [0.3, 0.4) is 0 Å². The van der Waals surface area contributed by atoms with Crippen LogP contribution in [0, 0.1) is 6.92 Å². The number of hydrogen-bond donors (Lipinski definition) is 4. The smallest absolute Gasteiger partial charge is 0.262 e. The highest BCUT2D eigenvalue weighted by Crippen LogP contribution is 2.25. The average molecular weight is 491 g/mol. The Hall–Kier alpha value is -4.08. The Morgan fingerprint density at radius 3 is 2.63 bits per heavy atom. The van der Waals surface area contributed by atoms with E-state index >= 15 is 0 Å². The zero-order valence-electron chi connectivity index (χ0n) is 18.8. The number of pyridine rings is 1. The molecular weight excluding hydrogens is 468 g/mol. The van der Waals surface area contributed by atoms with Gasteiger partial charge in [-0.1, -0.05) is 41.9 Å². The van der Waals surface area contributed by atoms with Crippen LogP contribution in [0.25, 0.3) is 11.0 Å². The molecule has 2 heterocycles. The maximum Gasteiger partial charge on any atom is 0.262 e. The molecule has 178 valence electrons. The lowest BCUT2D eigenvalue weighted by molar-refractivity contribution is 0.0934. The molecule has 35 heavy (non-hydrogen) atoms. The third-order valence-corrected chi connectivity index (χ3v) is 5.73. The van der Waals surface area contributed by atoms with Gasteiger partial charge < -0.3 is 21.4 Å². The molecular formula is C25H23ClN6O3. The Morgan fingerprint density at radius 2 is 1.89 bits per heavy atom. The van der Waals surface area contributed by atoms with E-state index in [9.17, 15) is 14.4 Å². The fourth-order valence-corrected chi connectivity index (χ4v) is 3.78. The number of H-pyrrole nitrogens is 1. The van der Waals surface area contributed by atoms with E-state index in [1.165, 1.54) is 24.4 Å². The molecule has 0 aliphatic rings. The van der Waals surface area contributed by atoms with Gasteiger partial charge in [-0.3, -0.25) is 14.4 Å². The van der Waals surface area contributed by atoms with Crippen LogP contribution in [0.1, 0.15) is 44.6 Å². The second kappa shape index (κ2) is 10.5. The van der Waals surface area contributed by atoms with Crippen LogP contribution in [0.5, 0.6) is 0 Å². The van der Waals surface area contributed by atoms with E-state index in [1.807, 2.05) is 30.3 Å². The number of nitrogens with two attached hydrogens (primary N) is 1. The minimum absolute atomic E-state index is 0.136. The Morgan fingerprint density at radius 1 is 1.11 bits per heavy atom. The number of halogens is 1. The van der Waals surface area contributed by atoms with E-state index in [-0.39, 0.29) is 28.2 Å². The fraction of sp³-hybridized carbons (Fsp3) is 0.160. The van der Waals surface area contributed by atoms with E-state index in [1.54, 1.807) is 13.0 Å². The van der Waals surface area contributed by atoms with Crippen LogP contribution in [-0.2, 0) is 0 Å². The summed E-state index contributed by atoms with van der Waals surface area (Å²) in [7, 11) is 0. The summed E-state index contributed by atoms with van der Waals surface area (Å²) < 4.78 is 0. The predicted octanol–water partition coefficient (Wildman–Crippen LogP) is 3.35. The molecule has 4 aromatic rings. The van der Waals surface area contributed by atoms with Gasteiger partial charge in [0.05, 0.1) is 16.8 Å². The molecule has 10 heteroatoms. The number of aryl methyl sites for hydroxylation is 1. The maximum atomic E-state index is 13.0. The SMILES string of the molecule is Cc1ncc2cc(C(=O)Nc3cc(C(=O)N[C@H](CCN)c4ccccc4)ccc3Cl)c(=O)[nH]c2n1. The van der Waals surface area contributed by atoms with Gasteiger partial charge >= 0.3 is 0 Å². The number of aromatic nitrogens is 3. The first-order valence-electron chi connectivity index (χ1n) is 10.9. The molecule has 0 saturated heterocycles. The molecule has 0 radical (unpaired) electrons. The molecule has 0 aliphatic heterocycles. The second-order valence-electron chi connectivity index (χ2n) is 7.90. The van der Waals surface area contributed by atoms with Crippen LogP contribution in [-0.4, -0.2) is 33.3 Å². The lowest BCUT2D eigenvalue weighted by Gasteiger charge is -2.19. The van der Waals surface area contributed by atoms with Gasteiger partial charge in [-0.05, 0) is 49.7 Å². The van der Waals surface area contributed by atoms with Gasteiger partial charge in [0.25, 0.3) is 17.4 Å². The molecule has 0 saturated carbocycles. The first-order chi connectivity index (χ1) is 16.9. The first-order valence-corrected chi connectivity index (χ1v) is 11.3. The van der Waals surface area contributed by atoms with Crippen molar-refractivity contribution in [2.75, 3.05) is 11.9 Å². The van der Waals surface area contributed by atoms with Crippen molar-refractivity contribution in [3.63, 3.8) is 0 Å². The van der Waals surface area contributed by atoms with Crippen LogP contribution in [0.2, 0.25) is 5.02 Å². The highest BCUT2D eigenvalue weighted by molar-refractivity contribution is 6.34. The molecule has 2 aromatic heterocycles. The Labute approximate surface area is 205 Å². The lowest BCUT2D eigenvalue weighted by Crippen LogP contribution is -2.30. The number of hydrogen-bond acceptors (Lipinski definition) is 6. The Kier molecular flexibility index (Phi) is 7.19. The third kappa shape index (κ3) is 5.53. The van der Waals surface area contributed by atoms with Gasteiger partial charge in [-0.25, -0.2) is 9.97 Å². The normalized spacial score (nSPS) is 11.7. The molecule has 0 bridgehead atoms. The van der Waals surface area contributed by atoms with Gasteiger partial charge in [0.2, 0.25) is 0 Å². The number of aromatic amines is 1. The number of benzene rings is 2. The van der Waals surface area contributed by atoms with Gasteiger partial charge in [-0.2, -0.15) is 0 Å². The summed E-state index contributed by atoms with van der Waals surface area (Å²) in [5.74, 6) is -0.540. The number of anilines is 1. The summed E-state index contributed by atoms with van der Waals surface area (Å²) >= 11 is 6.27. The molecule has 9 nitrogen and oxygen atoms in total. The van der Waals surface area contributed by atoms with Crippen molar-refractivity contribution in [3.8, 4) is 0 Å². The van der Waals surface area contributed by atoms with Crippen LogP contribution in [0.15, 0.2) is 65.6 Å². The van der Waals surface area contributed by atoms with Crippen molar-refractivity contribution >= 4 is 40.1 Å². The topological polar surface area (TPSA) is 143 Å². The highest BCUT2D eigenvalue weighted by atomic mass is 35.5. The monoisotopic (exact) mass is 490 g/mol. The van der Waals surface area contributed by atoms with Crippen LogP contribution < -0.4 is 21.9 Å². The van der Waals surface area contributed by atoms with Crippen molar-refractivity contribution in [1.82, 2.24) is 20.3 Å². The molecule has 0 spiro atoms. The summed E-state index contributed by atoms with van der Waals surface area (Å²) in [4.78, 5) is 49.1. The van der Waals surface area contributed by atoms with Gasteiger partial charge in [0.15, 0.2) is 0 Å². The van der Waals surface area contributed by atoms with E-state index < -0.39 is 11.5 Å². The molecule has 4 rings (SSSR count). The quantitative estimate of drug-likeness (QED) is 0.313. The van der Waals surface area contributed by atoms with Crippen molar-refractivity contribution in [2.24, 2.45) is 5.73 Å². The van der Waals surface area contributed by atoms with E-state index in [2.05, 4.69) is 25.6 Å². The molecule has 5 N–H and O–H groups in total. The summed E-state index contributed by atoms with van der Waals surface area (Å²) in [5, 5.41) is 6.31. The van der Waals surface area contributed by atoms with Gasteiger partial charge in [0.1, 0.15) is 17.0 Å². The van der Waals surface area contributed by atoms with Crippen molar-refractivity contribution < 1.29 is 9.59 Å². The van der Waals surface area contributed by atoms with Crippen molar-refractivity contribution in [2.45, 2.75) is 19.4 Å². The second-order valence-corrected chi connectivity index (χ2v) is 8.30. The standard InChI is InChI=1S/C25H23ClN6O3/c1-14-28-13-17-11-18(25(35)32-22(17)29-14)24(34)31-21-12-16(7-8-19(21)26)23(33)30-20(9-10-27)15-5-3-2-4-6-15/h2-8,11-13,20H,9-10,27H2,1H3,(H,30,33)(H,31,34)(H,28,29,32,35)/t20-/m1/s1. The maximum absolute atomic E-state index is 13.0. The largest absolute Gasteiger partial charge is 0.345 e. The summed E-state index contributed by atoms with van der Waals surface area (Å²) in [6.07, 6.45) is 2.08. The molecule has 0 fully saturated rings. The van der Waals surface area contributed by atoms with Crippen molar-refractivity contribution in [3.05, 3.63) is 98.7 Å². The number of amides is 2. The number of rotatable bonds is 7. The summed E-state index contributed by atoms with van der Waals surface area (Å²) in [6.45, 7) is 2.09. The zero-order chi connectivity index (χ0) is 24.9. The number of fused-ring (bicyclic) bond motifs is 1. The fourth-order valence-electron chi connectivity index (χ4n) is 3.62. The predicted molar refractivity (Wildman–Crippen MR) is 135 cm³/mol. The Bertz CT molecular complexity index is 1460. The minimum Gasteiger partial charge on any atom is -0.345 e. The Balaban J connectivity index is 1.56. The van der Waals surface area contributed by atoms with E-state index in [4.69, 9.17) is 17.3 Å². The average Bonchev–Trinajstić information content (AvgIpc) is 2.85. The first kappa shape index (κ1) is 24.1. The third-order valence-electron chi connectivity index (χ3n) is 5.40. The highest BCUT2D eigenvalue weighted by Gasteiger charge is 2.18. The molecule has 1 atom stereocenters. The van der Waals surface area contributed by atoms with Gasteiger partial charge in [0, 0.05) is 17.1 Å². The molecule has 2 aromatic carbocycles. The van der Waals surface area contributed by atoms with E-state index in [0.29, 0.717) is 35.4 Å². The molecule has 0 unspecified atom stereocenters. The van der Waals surface area contributed by atoms with E-state index in [0.717, 1.165) is 5.56 Å².